The molecule has 3 N–H and O–H groups in total. The molecule has 2 unspecified atom stereocenters. The first-order valence-electron chi connectivity index (χ1n) is 7.71. The smallest absolute Gasteiger partial charge is 0.314 e. The summed E-state index contributed by atoms with van der Waals surface area (Å²) in [4.78, 5) is 11.7. The minimum Gasteiger partial charge on any atom is -0.392 e. The van der Waals surface area contributed by atoms with E-state index in [2.05, 4.69) is 24.5 Å². The molecule has 20 heavy (non-hydrogen) atoms. The molecular formula is C15H30N2O3. The second-order valence-electron chi connectivity index (χ2n) is 6.49. The molecule has 1 fully saturated rings. The molecule has 0 saturated heterocycles. The van der Waals surface area contributed by atoms with Gasteiger partial charge in [0.15, 0.2) is 0 Å². The van der Waals surface area contributed by atoms with Crippen molar-refractivity contribution in [3.63, 3.8) is 0 Å². The topological polar surface area (TPSA) is 70.6 Å². The van der Waals surface area contributed by atoms with Crippen LogP contribution in [0.15, 0.2) is 0 Å². The molecule has 0 spiro atoms. The Morgan fingerprint density at radius 2 is 2.15 bits per heavy atom. The molecule has 1 saturated carbocycles. The van der Waals surface area contributed by atoms with Gasteiger partial charge in [-0.2, -0.15) is 0 Å². The lowest BCUT2D eigenvalue weighted by atomic mass is 9.73. The van der Waals surface area contributed by atoms with Gasteiger partial charge in [-0.15, -0.1) is 0 Å². The van der Waals surface area contributed by atoms with Crippen molar-refractivity contribution in [1.29, 1.82) is 0 Å². The van der Waals surface area contributed by atoms with E-state index in [0.29, 0.717) is 32.2 Å². The largest absolute Gasteiger partial charge is 0.392 e. The summed E-state index contributed by atoms with van der Waals surface area (Å²) in [7, 11) is 0. The summed E-state index contributed by atoms with van der Waals surface area (Å²) in [6.45, 7) is 8.51. The minimum atomic E-state index is -0.314. The van der Waals surface area contributed by atoms with Crippen molar-refractivity contribution < 1.29 is 14.6 Å². The van der Waals surface area contributed by atoms with Crippen LogP contribution in [0.1, 0.15) is 46.5 Å². The molecule has 0 aromatic rings. The Morgan fingerprint density at radius 3 is 2.80 bits per heavy atom. The summed E-state index contributed by atoms with van der Waals surface area (Å²) in [6.07, 6.45) is 3.69. The molecule has 5 nitrogen and oxygen atoms in total. The number of ether oxygens (including phenoxy) is 1. The van der Waals surface area contributed by atoms with Crippen molar-refractivity contribution >= 4 is 6.03 Å². The summed E-state index contributed by atoms with van der Waals surface area (Å²) in [6, 6.07) is -0.183. The molecule has 0 aliphatic heterocycles. The Hall–Kier alpha value is -0.810. The van der Waals surface area contributed by atoms with E-state index in [9.17, 15) is 9.90 Å². The van der Waals surface area contributed by atoms with Crippen LogP contribution in [0.2, 0.25) is 0 Å². The molecule has 0 aromatic heterocycles. The number of rotatable bonds is 7. The van der Waals surface area contributed by atoms with E-state index in [0.717, 1.165) is 25.7 Å². The van der Waals surface area contributed by atoms with Gasteiger partial charge in [0.1, 0.15) is 0 Å². The highest BCUT2D eigenvalue weighted by Crippen LogP contribution is 2.35. The number of amides is 2. The number of aliphatic hydroxyl groups excluding tert-OH is 1. The number of carbonyl (C=O) groups is 1. The van der Waals surface area contributed by atoms with Gasteiger partial charge >= 0.3 is 6.03 Å². The summed E-state index contributed by atoms with van der Waals surface area (Å²) >= 11 is 0. The van der Waals surface area contributed by atoms with Gasteiger partial charge in [0, 0.05) is 25.1 Å². The minimum absolute atomic E-state index is 0.183. The van der Waals surface area contributed by atoms with Crippen LogP contribution >= 0.6 is 0 Å². The zero-order valence-electron chi connectivity index (χ0n) is 13.1. The second-order valence-corrected chi connectivity index (χ2v) is 6.49. The van der Waals surface area contributed by atoms with E-state index in [-0.39, 0.29) is 17.6 Å². The fourth-order valence-electron chi connectivity index (χ4n) is 2.49. The van der Waals surface area contributed by atoms with Crippen molar-refractivity contribution in [2.75, 3.05) is 26.3 Å². The van der Waals surface area contributed by atoms with Gasteiger partial charge in [0.25, 0.3) is 0 Å². The van der Waals surface area contributed by atoms with Crippen LogP contribution in [0, 0.1) is 11.3 Å². The van der Waals surface area contributed by atoms with Crippen LogP contribution in [0.4, 0.5) is 4.79 Å². The molecule has 1 rings (SSSR count). The molecule has 1 aliphatic carbocycles. The van der Waals surface area contributed by atoms with E-state index >= 15 is 0 Å². The molecular weight excluding hydrogens is 256 g/mol. The van der Waals surface area contributed by atoms with Crippen LogP contribution in [0.3, 0.4) is 0 Å². The first kappa shape index (κ1) is 17.2. The van der Waals surface area contributed by atoms with Gasteiger partial charge in [-0.1, -0.05) is 33.6 Å². The van der Waals surface area contributed by atoms with E-state index < -0.39 is 0 Å². The van der Waals surface area contributed by atoms with Crippen molar-refractivity contribution in [1.82, 2.24) is 10.6 Å². The maximum atomic E-state index is 11.7. The third-order valence-corrected chi connectivity index (χ3v) is 3.92. The lowest BCUT2D eigenvalue weighted by Crippen LogP contribution is -2.48. The Bertz CT molecular complexity index is 297. The highest BCUT2D eigenvalue weighted by atomic mass is 16.5. The predicted octanol–water partition coefficient (Wildman–Crippen LogP) is 1.90. The molecule has 1 aliphatic rings. The third kappa shape index (κ3) is 6.09. The first-order valence-corrected chi connectivity index (χ1v) is 7.71. The summed E-state index contributed by atoms with van der Waals surface area (Å²) in [5.41, 5.74) is -0.191. The van der Waals surface area contributed by atoms with Crippen LogP contribution in [0.25, 0.3) is 0 Å². The molecule has 0 aromatic carbocycles. The molecule has 0 heterocycles. The fraction of sp³-hybridized carbons (Fsp3) is 0.933. The van der Waals surface area contributed by atoms with E-state index in [1.165, 1.54) is 0 Å². The lowest BCUT2D eigenvalue weighted by molar-refractivity contribution is 0.00305. The average molecular weight is 286 g/mol. The maximum Gasteiger partial charge on any atom is 0.314 e. The molecule has 118 valence electrons. The number of hydrogen-bond donors (Lipinski definition) is 3. The van der Waals surface area contributed by atoms with Gasteiger partial charge < -0.3 is 20.5 Å². The molecule has 0 bridgehead atoms. The number of nitrogens with one attached hydrogen (secondary N) is 2. The normalized spacial score (nSPS) is 26.6. The number of carbonyl (C=O) groups excluding carboxylic acids is 1. The zero-order valence-corrected chi connectivity index (χ0v) is 13.1. The van der Waals surface area contributed by atoms with Gasteiger partial charge in [-0.25, -0.2) is 4.79 Å². The quantitative estimate of drug-likeness (QED) is 0.626. The monoisotopic (exact) mass is 286 g/mol. The van der Waals surface area contributed by atoms with Crippen LogP contribution in [0.5, 0.6) is 0 Å². The van der Waals surface area contributed by atoms with Crippen LogP contribution in [-0.4, -0.2) is 43.5 Å². The van der Waals surface area contributed by atoms with E-state index in [1.807, 2.05) is 6.92 Å². The summed E-state index contributed by atoms with van der Waals surface area (Å²) < 4.78 is 5.39. The Labute approximate surface area is 122 Å². The lowest BCUT2D eigenvalue weighted by Gasteiger charge is -2.38. The summed E-state index contributed by atoms with van der Waals surface area (Å²) in [5.74, 6) is 0.511. The van der Waals surface area contributed by atoms with E-state index in [1.54, 1.807) is 0 Å². The highest BCUT2D eigenvalue weighted by molar-refractivity contribution is 5.73. The fourth-order valence-corrected chi connectivity index (χ4v) is 2.49. The van der Waals surface area contributed by atoms with Crippen molar-refractivity contribution in [2.45, 2.75) is 52.6 Å². The molecule has 0 radical (unpaired) electrons. The Kier molecular flexibility index (Phi) is 7.30. The molecule has 2 atom stereocenters. The Balaban J connectivity index is 2.13. The Morgan fingerprint density at radius 1 is 1.40 bits per heavy atom. The summed E-state index contributed by atoms with van der Waals surface area (Å²) in [5, 5.41) is 15.7. The predicted molar refractivity (Wildman–Crippen MR) is 79.6 cm³/mol. The number of hydrogen-bond acceptors (Lipinski definition) is 3. The standard InChI is InChI=1S/C15H30N2O3/c1-12(2)10-20-9-8-16-14(19)17-11-15(3)7-5-4-6-13(15)18/h12-13,18H,4-11H2,1-3H3,(H2,16,17,19). The average Bonchev–Trinajstić information content (AvgIpc) is 2.39. The van der Waals surface area contributed by atoms with Gasteiger partial charge in [-0.3, -0.25) is 0 Å². The van der Waals surface area contributed by atoms with Gasteiger partial charge in [0.2, 0.25) is 0 Å². The third-order valence-electron chi connectivity index (χ3n) is 3.92. The zero-order chi connectivity index (χ0) is 15.0. The first-order chi connectivity index (χ1) is 9.44. The number of aliphatic hydroxyl groups is 1. The SMILES string of the molecule is CC(C)COCCNC(=O)NCC1(C)CCCCC1O. The van der Waals surface area contributed by atoms with Crippen LogP contribution in [-0.2, 0) is 4.74 Å². The molecule has 5 heteroatoms. The van der Waals surface area contributed by atoms with Gasteiger partial charge in [0.05, 0.1) is 12.7 Å². The maximum absolute atomic E-state index is 11.7. The van der Waals surface area contributed by atoms with Crippen molar-refractivity contribution in [3.8, 4) is 0 Å². The van der Waals surface area contributed by atoms with Crippen molar-refractivity contribution in [2.24, 2.45) is 11.3 Å². The highest BCUT2D eigenvalue weighted by Gasteiger charge is 2.35. The van der Waals surface area contributed by atoms with Crippen molar-refractivity contribution in [3.05, 3.63) is 0 Å². The molecule has 2 amide bonds. The van der Waals surface area contributed by atoms with Gasteiger partial charge in [-0.05, 0) is 18.8 Å². The van der Waals surface area contributed by atoms with E-state index in [4.69, 9.17) is 4.74 Å². The number of urea groups is 1. The van der Waals surface area contributed by atoms with Crippen LogP contribution < -0.4 is 10.6 Å². The second kappa shape index (κ2) is 8.47.